The van der Waals surface area contributed by atoms with Crippen molar-refractivity contribution in [2.75, 3.05) is 0 Å². The van der Waals surface area contributed by atoms with E-state index < -0.39 is 0 Å². The molecule has 0 spiro atoms. The quantitative estimate of drug-likeness (QED) is 0.558. The number of fused-ring (bicyclic) bond motifs is 1. The summed E-state index contributed by atoms with van der Waals surface area (Å²) in [4.78, 5) is 1.04. The van der Waals surface area contributed by atoms with Gasteiger partial charge in [-0.2, -0.15) is 0 Å². The minimum absolute atomic E-state index is 0.846. The largest absolute Gasteiger partial charge is 0.143 e. The molecule has 0 amide bonds. The Bertz CT molecular complexity index is 448. The van der Waals surface area contributed by atoms with Crippen LogP contribution >= 0.6 is 55.8 Å². The van der Waals surface area contributed by atoms with Crippen molar-refractivity contribution < 1.29 is 0 Å². The second-order valence-corrected chi connectivity index (χ2v) is 5.46. The zero-order valence-corrected chi connectivity index (χ0v) is 11.4. The molecule has 0 nitrogen and oxygen atoms in total. The predicted molar refractivity (Wildman–Crippen MR) is 69.4 cm³/mol. The molecule has 0 unspecified atom stereocenters. The number of benzene rings is 1. The zero-order valence-electron chi connectivity index (χ0n) is 6.55. The van der Waals surface area contributed by atoms with Gasteiger partial charge < -0.3 is 0 Å². The van der Waals surface area contributed by atoms with E-state index in [-0.39, 0.29) is 0 Å². The highest BCUT2D eigenvalue weighted by atomic mass is 79.9. The molecule has 1 aromatic heterocycles. The first kappa shape index (κ1) is 10.0. The van der Waals surface area contributed by atoms with Crippen LogP contribution in [-0.4, -0.2) is 0 Å². The molecule has 0 radical (unpaired) electrons. The molecular formula is C9H6Br2S2. The van der Waals surface area contributed by atoms with Gasteiger partial charge >= 0.3 is 0 Å². The molecule has 0 N–H and O–H groups in total. The lowest BCUT2D eigenvalue weighted by Crippen LogP contribution is -1.81. The Morgan fingerprint density at radius 1 is 1.38 bits per heavy atom. The van der Waals surface area contributed by atoms with Crippen LogP contribution in [0.1, 0.15) is 5.56 Å². The summed E-state index contributed by atoms with van der Waals surface area (Å²) in [5.41, 5.74) is 1.26. The van der Waals surface area contributed by atoms with Crippen LogP contribution in [0.4, 0.5) is 0 Å². The van der Waals surface area contributed by atoms with Crippen LogP contribution in [-0.2, 0) is 5.33 Å². The molecule has 0 aliphatic carbocycles. The van der Waals surface area contributed by atoms with E-state index >= 15 is 0 Å². The lowest BCUT2D eigenvalue weighted by Gasteiger charge is -2.03. The smallest absolute Gasteiger partial charge is 0.0364 e. The van der Waals surface area contributed by atoms with Gasteiger partial charge in [0.1, 0.15) is 0 Å². The Morgan fingerprint density at radius 2 is 2.15 bits per heavy atom. The maximum absolute atomic E-state index is 4.43. The fourth-order valence-corrected chi connectivity index (χ4v) is 4.06. The van der Waals surface area contributed by atoms with Gasteiger partial charge in [-0.25, -0.2) is 0 Å². The Labute approximate surface area is 103 Å². The van der Waals surface area contributed by atoms with Crippen molar-refractivity contribution in [3.63, 3.8) is 0 Å². The molecule has 0 atom stereocenters. The predicted octanol–water partition coefficient (Wildman–Crippen LogP) is 4.85. The monoisotopic (exact) mass is 336 g/mol. The van der Waals surface area contributed by atoms with E-state index in [1.165, 1.54) is 15.6 Å². The standard InChI is InChI=1S/C9H6Br2S2/c10-3-5-7(12)1-2-8-9(5)6(11)4-13-8/h1-2,4,12H,3H2. The third-order valence-corrected chi connectivity index (χ3v) is 4.77. The van der Waals surface area contributed by atoms with E-state index in [0.717, 1.165) is 14.7 Å². The molecule has 0 saturated carbocycles. The Hall–Kier alpha value is 0.490. The van der Waals surface area contributed by atoms with Crippen molar-refractivity contribution in [1.82, 2.24) is 0 Å². The number of thiol groups is 1. The number of thiophene rings is 1. The van der Waals surface area contributed by atoms with Gasteiger partial charge in [-0.05, 0) is 33.6 Å². The maximum Gasteiger partial charge on any atom is 0.0364 e. The number of hydrogen-bond donors (Lipinski definition) is 1. The summed E-state index contributed by atoms with van der Waals surface area (Å²) in [7, 11) is 0. The van der Waals surface area contributed by atoms with Crippen LogP contribution in [0.25, 0.3) is 10.1 Å². The fraction of sp³-hybridized carbons (Fsp3) is 0.111. The van der Waals surface area contributed by atoms with Gasteiger partial charge in [0.25, 0.3) is 0 Å². The van der Waals surface area contributed by atoms with Gasteiger partial charge in [0.15, 0.2) is 0 Å². The van der Waals surface area contributed by atoms with Crippen molar-refractivity contribution in [3.8, 4) is 0 Å². The van der Waals surface area contributed by atoms with E-state index in [2.05, 4.69) is 55.9 Å². The third-order valence-electron chi connectivity index (χ3n) is 1.91. The van der Waals surface area contributed by atoms with Crippen LogP contribution in [0.15, 0.2) is 26.9 Å². The normalized spacial score (nSPS) is 11.0. The summed E-state index contributed by atoms with van der Waals surface area (Å²) >= 11 is 13.2. The van der Waals surface area contributed by atoms with Gasteiger partial charge in [-0.3, -0.25) is 0 Å². The molecule has 1 aromatic carbocycles. The average molecular weight is 338 g/mol. The van der Waals surface area contributed by atoms with Crippen molar-refractivity contribution in [1.29, 1.82) is 0 Å². The number of alkyl halides is 1. The molecular weight excluding hydrogens is 332 g/mol. The highest BCUT2D eigenvalue weighted by Gasteiger charge is 2.08. The van der Waals surface area contributed by atoms with E-state index in [1.807, 2.05) is 6.07 Å². The van der Waals surface area contributed by atoms with Crippen molar-refractivity contribution in [3.05, 3.63) is 27.5 Å². The summed E-state index contributed by atoms with van der Waals surface area (Å²) in [6.07, 6.45) is 0. The molecule has 0 aliphatic heterocycles. The lowest BCUT2D eigenvalue weighted by atomic mass is 10.1. The Morgan fingerprint density at radius 3 is 2.85 bits per heavy atom. The van der Waals surface area contributed by atoms with Crippen LogP contribution in [0.5, 0.6) is 0 Å². The topological polar surface area (TPSA) is 0 Å². The Kier molecular flexibility index (Phi) is 3.03. The van der Waals surface area contributed by atoms with Gasteiger partial charge in [0.2, 0.25) is 0 Å². The molecule has 0 bridgehead atoms. The van der Waals surface area contributed by atoms with Crippen LogP contribution in [0, 0.1) is 0 Å². The minimum atomic E-state index is 0.846. The van der Waals surface area contributed by atoms with E-state index in [0.29, 0.717) is 0 Å². The lowest BCUT2D eigenvalue weighted by molar-refractivity contribution is 1.34. The summed E-state index contributed by atoms with van der Waals surface area (Å²) in [5, 5.41) is 4.25. The first-order valence-electron chi connectivity index (χ1n) is 3.67. The average Bonchev–Trinajstić information content (AvgIpc) is 2.49. The number of hydrogen-bond acceptors (Lipinski definition) is 2. The van der Waals surface area contributed by atoms with Crippen molar-refractivity contribution >= 4 is 65.9 Å². The zero-order chi connectivity index (χ0) is 9.42. The molecule has 68 valence electrons. The summed E-state index contributed by atoms with van der Waals surface area (Å²) < 4.78 is 2.47. The Balaban J connectivity index is 2.88. The fourth-order valence-electron chi connectivity index (χ4n) is 1.28. The molecule has 13 heavy (non-hydrogen) atoms. The van der Waals surface area contributed by atoms with E-state index in [4.69, 9.17) is 0 Å². The molecule has 2 aromatic rings. The number of rotatable bonds is 1. The number of halogens is 2. The first-order valence-corrected chi connectivity index (χ1v) is 6.91. The second kappa shape index (κ2) is 3.93. The summed E-state index contributed by atoms with van der Waals surface area (Å²) in [6, 6.07) is 4.16. The van der Waals surface area contributed by atoms with E-state index in [1.54, 1.807) is 11.3 Å². The molecule has 0 fully saturated rings. The summed E-state index contributed by atoms with van der Waals surface area (Å²) in [5.74, 6) is 0. The van der Waals surface area contributed by atoms with Gasteiger partial charge in [0, 0.05) is 30.2 Å². The molecule has 1 heterocycles. The van der Waals surface area contributed by atoms with Gasteiger partial charge in [0.05, 0.1) is 0 Å². The van der Waals surface area contributed by atoms with Crippen molar-refractivity contribution in [2.24, 2.45) is 0 Å². The van der Waals surface area contributed by atoms with Crippen LogP contribution in [0.2, 0.25) is 0 Å². The SMILES string of the molecule is Sc1ccc2scc(Br)c2c1CBr. The first-order chi connectivity index (χ1) is 6.24. The molecule has 0 aliphatic rings. The van der Waals surface area contributed by atoms with Crippen LogP contribution < -0.4 is 0 Å². The van der Waals surface area contributed by atoms with E-state index in [9.17, 15) is 0 Å². The highest BCUT2D eigenvalue weighted by Crippen LogP contribution is 2.36. The molecule has 4 heteroatoms. The summed E-state index contributed by atoms with van der Waals surface area (Å²) in [6.45, 7) is 0. The van der Waals surface area contributed by atoms with Gasteiger partial charge in [-0.1, -0.05) is 15.9 Å². The maximum atomic E-state index is 4.43. The second-order valence-electron chi connectivity index (χ2n) is 2.65. The van der Waals surface area contributed by atoms with Crippen molar-refractivity contribution in [2.45, 2.75) is 10.2 Å². The highest BCUT2D eigenvalue weighted by molar-refractivity contribution is 9.10. The van der Waals surface area contributed by atoms with Gasteiger partial charge in [-0.15, -0.1) is 24.0 Å². The minimum Gasteiger partial charge on any atom is -0.143 e. The van der Waals surface area contributed by atoms with Crippen LogP contribution in [0.3, 0.4) is 0 Å². The molecule has 2 rings (SSSR count). The third kappa shape index (κ3) is 1.69. The molecule has 0 saturated heterocycles.